The fourth-order valence-corrected chi connectivity index (χ4v) is 3.81. The van der Waals surface area contributed by atoms with E-state index in [-0.39, 0.29) is 10.5 Å². The molecule has 1 amide bonds. The van der Waals surface area contributed by atoms with E-state index in [1.54, 1.807) is 42.5 Å². The average molecular weight is 401 g/mol. The van der Waals surface area contributed by atoms with E-state index in [2.05, 4.69) is 10.0 Å². The van der Waals surface area contributed by atoms with Crippen LogP contribution in [0.4, 0.5) is 11.4 Å². The van der Waals surface area contributed by atoms with Gasteiger partial charge in [-0.25, -0.2) is 8.42 Å². The molecular formula is C20H17ClN2O3S. The molecule has 0 radical (unpaired) electrons. The van der Waals surface area contributed by atoms with Crippen molar-refractivity contribution in [3.05, 3.63) is 88.9 Å². The van der Waals surface area contributed by atoms with Gasteiger partial charge in [0.2, 0.25) is 0 Å². The van der Waals surface area contributed by atoms with Crippen LogP contribution in [-0.4, -0.2) is 14.3 Å². The standard InChI is InChI=1S/C20H17ClN2O3S/c1-14-7-2-4-11-18(14)23-27(25,26)16-9-6-8-15(13-16)20(24)22-19-12-5-3-10-17(19)21/h2-13,23H,1H3,(H,22,24). The van der Waals surface area contributed by atoms with Crippen LogP contribution in [0.1, 0.15) is 15.9 Å². The Kier molecular flexibility index (Phi) is 5.48. The van der Waals surface area contributed by atoms with Crippen molar-refractivity contribution in [2.45, 2.75) is 11.8 Å². The number of nitrogens with one attached hydrogen (secondary N) is 2. The molecule has 0 saturated carbocycles. The van der Waals surface area contributed by atoms with Crippen molar-refractivity contribution in [3.8, 4) is 0 Å². The second kappa shape index (κ2) is 7.82. The quantitative estimate of drug-likeness (QED) is 0.651. The third-order valence-corrected chi connectivity index (χ3v) is 5.61. The number of sulfonamides is 1. The minimum atomic E-state index is -3.83. The second-order valence-electron chi connectivity index (χ2n) is 5.88. The second-order valence-corrected chi connectivity index (χ2v) is 7.97. The average Bonchev–Trinajstić information content (AvgIpc) is 2.65. The van der Waals surface area contributed by atoms with Gasteiger partial charge in [0.05, 0.1) is 21.3 Å². The molecule has 138 valence electrons. The Morgan fingerprint density at radius 3 is 2.26 bits per heavy atom. The lowest BCUT2D eigenvalue weighted by atomic mass is 10.2. The molecule has 0 heterocycles. The highest BCUT2D eigenvalue weighted by Gasteiger charge is 2.17. The van der Waals surface area contributed by atoms with Gasteiger partial charge >= 0.3 is 0 Å². The highest BCUT2D eigenvalue weighted by atomic mass is 35.5. The zero-order chi connectivity index (χ0) is 19.4. The first-order valence-corrected chi connectivity index (χ1v) is 9.97. The van der Waals surface area contributed by atoms with Crippen molar-refractivity contribution in [2.24, 2.45) is 0 Å². The lowest BCUT2D eigenvalue weighted by molar-refractivity contribution is 0.102. The van der Waals surface area contributed by atoms with Crippen LogP contribution in [0, 0.1) is 6.92 Å². The number of amides is 1. The van der Waals surface area contributed by atoms with E-state index < -0.39 is 15.9 Å². The van der Waals surface area contributed by atoms with E-state index in [1.165, 1.54) is 18.2 Å². The van der Waals surface area contributed by atoms with Gasteiger partial charge in [-0.15, -0.1) is 0 Å². The zero-order valence-electron chi connectivity index (χ0n) is 14.4. The van der Waals surface area contributed by atoms with Gasteiger partial charge in [0.25, 0.3) is 15.9 Å². The third-order valence-electron chi connectivity index (χ3n) is 3.92. The maximum Gasteiger partial charge on any atom is 0.261 e. The molecule has 0 aliphatic heterocycles. The van der Waals surface area contributed by atoms with E-state index in [0.29, 0.717) is 16.4 Å². The molecule has 0 saturated heterocycles. The summed E-state index contributed by atoms with van der Waals surface area (Å²) < 4.78 is 27.9. The smallest absolute Gasteiger partial charge is 0.261 e. The topological polar surface area (TPSA) is 75.3 Å². The van der Waals surface area contributed by atoms with Crippen LogP contribution in [0.2, 0.25) is 5.02 Å². The highest BCUT2D eigenvalue weighted by molar-refractivity contribution is 7.92. The summed E-state index contributed by atoms with van der Waals surface area (Å²) in [5, 5.41) is 3.08. The summed E-state index contributed by atoms with van der Waals surface area (Å²) in [6.45, 7) is 1.81. The maximum atomic E-state index is 12.7. The fourth-order valence-electron chi connectivity index (χ4n) is 2.45. The van der Waals surface area contributed by atoms with Crippen LogP contribution >= 0.6 is 11.6 Å². The van der Waals surface area contributed by atoms with Crippen LogP contribution in [0.3, 0.4) is 0 Å². The molecule has 5 nitrogen and oxygen atoms in total. The van der Waals surface area contributed by atoms with E-state index >= 15 is 0 Å². The van der Waals surface area contributed by atoms with Crippen molar-refractivity contribution in [1.82, 2.24) is 0 Å². The van der Waals surface area contributed by atoms with Gasteiger partial charge < -0.3 is 5.32 Å². The van der Waals surface area contributed by atoms with Crippen LogP contribution < -0.4 is 10.0 Å². The molecule has 3 aromatic rings. The number of para-hydroxylation sites is 2. The first-order valence-electron chi connectivity index (χ1n) is 8.11. The Labute approximate surface area is 163 Å². The molecule has 3 rings (SSSR count). The molecule has 0 aromatic heterocycles. The van der Waals surface area contributed by atoms with Crippen LogP contribution in [0.5, 0.6) is 0 Å². The normalized spacial score (nSPS) is 11.0. The largest absolute Gasteiger partial charge is 0.321 e. The molecule has 0 bridgehead atoms. The number of benzene rings is 3. The van der Waals surface area contributed by atoms with Crippen LogP contribution in [0.15, 0.2) is 77.7 Å². The predicted octanol–water partition coefficient (Wildman–Crippen LogP) is 4.70. The molecule has 3 aromatic carbocycles. The van der Waals surface area contributed by atoms with Gasteiger partial charge in [-0.05, 0) is 48.9 Å². The Morgan fingerprint density at radius 2 is 1.56 bits per heavy atom. The molecule has 0 spiro atoms. The Bertz CT molecular complexity index is 1100. The summed E-state index contributed by atoms with van der Waals surface area (Å²) in [4.78, 5) is 12.5. The number of hydrogen-bond donors (Lipinski definition) is 2. The van der Waals surface area contributed by atoms with Gasteiger partial charge in [0, 0.05) is 5.56 Å². The molecule has 0 aliphatic rings. The number of hydrogen-bond acceptors (Lipinski definition) is 3. The third kappa shape index (κ3) is 4.48. The molecule has 2 N–H and O–H groups in total. The molecule has 0 atom stereocenters. The Balaban J connectivity index is 1.85. The summed E-state index contributed by atoms with van der Waals surface area (Å²) in [6, 6.07) is 19.7. The monoisotopic (exact) mass is 400 g/mol. The summed E-state index contributed by atoms with van der Waals surface area (Å²) in [5.41, 5.74) is 1.95. The first kappa shape index (κ1) is 18.9. The molecule has 0 aliphatic carbocycles. The van der Waals surface area contributed by atoms with Crippen molar-refractivity contribution >= 4 is 38.9 Å². The zero-order valence-corrected chi connectivity index (χ0v) is 16.0. The van der Waals surface area contributed by atoms with Gasteiger partial charge in [0.15, 0.2) is 0 Å². The van der Waals surface area contributed by atoms with Crippen molar-refractivity contribution in [2.75, 3.05) is 10.0 Å². The summed E-state index contributed by atoms with van der Waals surface area (Å²) >= 11 is 6.04. The van der Waals surface area contributed by atoms with Crippen LogP contribution in [-0.2, 0) is 10.0 Å². The van der Waals surface area contributed by atoms with Crippen molar-refractivity contribution in [3.63, 3.8) is 0 Å². The number of anilines is 2. The van der Waals surface area contributed by atoms with E-state index in [9.17, 15) is 13.2 Å². The van der Waals surface area contributed by atoms with Crippen molar-refractivity contribution < 1.29 is 13.2 Å². The Morgan fingerprint density at radius 1 is 0.889 bits per heavy atom. The summed E-state index contributed by atoms with van der Waals surface area (Å²) in [6.07, 6.45) is 0. The minimum absolute atomic E-state index is 0.00226. The van der Waals surface area contributed by atoms with E-state index in [1.807, 2.05) is 19.1 Å². The SMILES string of the molecule is Cc1ccccc1NS(=O)(=O)c1cccc(C(=O)Nc2ccccc2Cl)c1. The number of rotatable bonds is 5. The van der Waals surface area contributed by atoms with Gasteiger partial charge in [-0.1, -0.05) is 48.0 Å². The number of carbonyl (C=O) groups is 1. The minimum Gasteiger partial charge on any atom is -0.321 e. The fraction of sp³-hybridized carbons (Fsp3) is 0.0500. The van der Waals surface area contributed by atoms with Crippen LogP contribution in [0.25, 0.3) is 0 Å². The molecule has 0 unspecified atom stereocenters. The summed E-state index contributed by atoms with van der Waals surface area (Å²) in [5.74, 6) is -0.448. The summed E-state index contributed by atoms with van der Waals surface area (Å²) in [7, 11) is -3.83. The van der Waals surface area contributed by atoms with Gasteiger partial charge in [0.1, 0.15) is 0 Å². The molecular weight excluding hydrogens is 384 g/mol. The van der Waals surface area contributed by atoms with E-state index in [4.69, 9.17) is 11.6 Å². The van der Waals surface area contributed by atoms with Gasteiger partial charge in [-0.2, -0.15) is 0 Å². The number of carbonyl (C=O) groups excluding carboxylic acids is 1. The Hall–Kier alpha value is -2.83. The predicted molar refractivity (Wildman–Crippen MR) is 108 cm³/mol. The van der Waals surface area contributed by atoms with Gasteiger partial charge in [-0.3, -0.25) is 9.52 Å². The molecule has 7 heteroatoms. The van der Waals surface area contributed by atoms with E-state index in [0.717, 1.165) is 5.56 Å². The first-order chi connectivity index (χ1) is 12.9. The number of halogens is 1. The maximum absolute atomic E-state index is 12.7. The lowest BCUT2D eigenvalue weighted by Gasteiger charge is -2.12. The highest BCUT2D eigenvalue weighted by Crippen LogP contribution is 2.23. The van der Waals surface area contributed by atoms with Crippen molar-refractivity contribution in [1.29, 1.82) is 0 Å². The molecule has 0 fully saturated rings. The lowest BCUT2D eigenvalue weighted by Crippen LogP contribution is -2.16. The molecule has 27 heavy (non-hydrogen) atoms. The number of aryl methyl sites for hydroxylation is 1.